The number of ether oxygens (including phenoxy) is 1. The minimum atomic E-state index is -0.693. The smallest absolute Gasteiger partial charge is 0.308 e. The number of hydrogen-bond acceptors (Lipinski definition) is 7. The van der Waals surface area contributed by atoms with Crippen LogP contribution in [0.2, 0.25) is 15.1 Å². The highest BCUT2D eigenvalue weighted by molar-refractivity contribution is 7.15. The Labute approximate surface area is 250 Å². The van der Waals surface area contributed by atoms with Crippen molar-refractivity contribution in [2.45, 2.75) is 39.3 Å². The maximum Gasteiger partial charge on any atom is 0.308 e. The molecule has 206 valence electrons. The van der Waals surface area contributed by atoms with Gasteiger partial charge in [0.15, 0.2) is 11.6 Å². The van der Waals surface area contributed by atoms with Crippen LogP contribution in [0.25, 0.3) is 5.00 Å². The molecule has 4 aromatic rings. The molecule has 1 aliphatic heterocycles. The molecule has 1 amide bonds. The molecule has 1 N–H and O–H groups in total. The summed E-state index contributed by atoms with van der Waals surface area (Å²) in [6.07, 6.45) is 0.770. The van der Waals surface area contributed by atoms with E-state index in [1.165, 1.54) is 6.07 Å². The fourth-order valence-corrected chi connectivity index (χ4v) is 6.04. The highest BCUT2D eigenvalue weighted by Gasteiger charge is 2.33. The zero-order chi connectivity index (χ0) is 28.4. The number of esters is 1. The fraction of sp³-hybridized carbons (Fsp3) is 0.250. The summed E-state index contributed by atoms with van der Waals surface area (Å²) >= 11 is 20.3. The largest absolute Gasteiger partial charge is 0.466 e. The molecule has 40 heavy (non-hydrogen) atoms. The third-order valence-corrected chi connectivity index (χ3v) is 8.62. The molecule has 1 atom stereocenters. The molecule has 0 aliphatic carbocycles. The van der Waals surface area contributed by atoms with Gasteiger partial charge in [-0.2, -0.15) is 0 Å². The number of carbonyl (C=O) groups is 2. The van der Waals surface area contributed by atoms with Crippen LogP contribution < -0.4 is 5.32 Å². The Morgan fingerprint density at radius 2 is 1.80 bits per heavy atom. The fourth-order valence-electron chi connectivity index (χ4n) is 4.39. The molecule has 1 aliphatic rings. The van der Waals surface area contributed by atoms with Crippen LogP contribution in [0.15, 0.2) is 53.5 Å². The first-order chi connectivity index (χ1) is 19.3. The second kappa shape index (κ2) is 12.1. The lowest BCUT2D eigenvalue weighted by atomic mass is 10.0. The Bertz CT molecular complexity index is 1630. The van der Waals surface area contributed by atoms with E-state index < -0.39 is 12.0 Å². The standard InChI is InChI=1S/C28H24Cl3N5O3S/c1-3-16-12-18-25(17-7-5-6-8-19(17)29)33-22(13-24(37)39-4-2)26-35-34-23(36(26)28(18)40-16)14-32-27(38)15-9-10-20(30)21(31)11-15/h5-12,22H,3-4,13-14H2,1-2H3,(H,32,38). The van der Waals surface area contributed by atoms with Crippen LogP contribution in [0, 0.1) is 0 Å². The quantitative estimate of drug-likeness (QED) is 0.224. The number of benzene rings is 2. The number of nitrogens with one attached hydrogen (secondary N) is 1. The van der Waals surface area contributed by atoms with Gasteiger partial charge in [-0.05, 0) is 43.7 Å². The van der Waals surface area contributed by atoms with Gasteiger partial charge in [-0.25, -0.2) is 0 Å². The molecule has 12 heteroatoms. The summed E-state index contributed by atoms with van der Waals surface area (Å²) in [5.74, 6) is 0.206. The van der Waals surface area contributed by atoms with Crippen LogP contribution in [-0.4, -0.2) is 39.0 Å². The Kier molecular flexibility index (Phi) is 8.56. The van der Waals surface area contributed by atoms with E-state index in [0.29, 0.717) is 33.0 Å². The minimum Gasteiger partial charge on any atom is -0.466 e. The van der Waals surface area contributed by atoms with Gasteiger partial charge in [0, 0.05) is 26.6 Å². The Morgan fingerprint density at radius 3 is 2.52 bits per heavy atom. The van der Waals surface area contributed by atoms with Crippen molar-refractivity contribution in [3.63, 3.8) is 0 Å². The van der Waals surface area contributed by atoms with Crippen LogP contribution in [0.5, 0.6) is 0 Å². The zero-order valence-electron chi connectivity index (χ0n) is 21.6. The summed E-state index contributed by atoms with van der Waals surface area (Å²) in [4.78, 5) is 31.7. The number of aliphatic imine (C=N–C) groups is 1. The number of rotatable bonds is 8. The maximum atomic E-state index is 12.9. The van der Waals surface area contributed by atoms with Gasteiger partial charge >= 0.3 is 5.97 Å². The topological polar surface area (TPSA) is 98.5 Å². The van der Waals surface area contributed by atoms with Gasteiger partial charge in [-0.1, -0.05) is 59.9 Å². The predicted molar refractivity (Wildman–Crippen MR) is 157 cm³/mol. The molecule has 0 bridgehead atoms. The van der Waals surface area contributed by atoms with Crippen LogP contribution >= 0.6 is 46.1 Å². The van der Waals surface area contributed by atoms with Crippen molar-refractivity contribution in [2.24, 2.45) is 4.99 Å². The summed E-state index contributed by atoms with van der Waals surface area (Å²) in [6.45, 7) is 4.15. The van der Waals surface area contributed by atoms with Crippen molar-refractivity contribution in [3.05, 3.63) is 96.8 Å². The number of nitrogens with zero attached hydrogens (tertiary/aromatic N) is 4. The van der Waals surface area contributed by atoms with Gasteiger partial charge in [0.05, 0.1) is 35.3 Å². The lowest BCUT2D eigenvalue weighted by molar-refractivity contribution is -0.143. The van der Waals surface area contributed by atoms with E-state index in [0.717, 1.165) is 27.4 Å². The van der Waals surface area contributed by atoms with E-state index in [1.807, 2.05) is 28.8 Å². The SMILES string of the molecule is CCOC(=O)CC1N=C(c2ccccc2Cl)c2cc(CC)sc2-n2c(CNC(=O)c3ccc(Cl)c(Cl)c3)nnc21. The average molecular weight is 617 g/mol. The molecular formula is C28H24Cl3N5O3S. The number of hydrogen-bond donors (Lipinski definition) is 1. The number of aromatic nitrogens is 3. The first-order valence-electron chi connectivity index (χ1n) is 12.6. The maximum absolute atomic E-state index is 12.9. The second-order valence-electron chi connectivity index (χ2n) is 8.89. The molecule has 0 radical (unpaired) electrons. The second-order valence-corrected chi connectivity index (χ2v) is 11.2. The summed E-state index contributed by atoms with van der Waals surface area (Å²) in [5, 5.41) is 13.8. The first kappa shape index (κ1) is 28.3. The van der Waals surface area contributed by atoms with Gasteiger partial charge in [0.2, 0.25) is 0 Å². The third kappa shape index (κ3) is 5.65. The van der Waals surface area contributed by atoms with Crippen LogP contribution in [0.1, 0.15) is 64.3 Å². The van der Waals surface area contributed by atoms with Crippen LogP contribution in [0.3, 0.4) is 0 Å². The van der Waals surface area contributed by atoms with Crippen molar-refractivity contribution >= 4 is 63.7 Å². The molecule has 2 aromatic carbocycles. The number of thiophene rings is 1. The molecule has 0 spiro atoms. The van der Waals surface area contributed by atoms with Crippen molar-refractivity contribution in [1.29, 1.82) is 0 Å². The Hall–Kier alpha value is -3.24. The Morgan fingerprint density at radius 1 is 1.00 bits per heavy atom. The van der Waals surface area contributed by atoms with E-state index >= 15 is 0 Å². The third-order valence-electron chi connectivity index (χ3n) is 6.29. The number of amides is 1. The lowest BCUT2D eigenvalue weighted by Crippen LogP contribution is -2.25. The zero-order valence-corrected chi connectivity index (χ0v) is 24.7. The van der Waals surface area contributed by atoms with Crippen LogP contribution in [0.4, 0.5) is 0 Å². The average Bonchev–Trinajstić information content (AvgIpc) is 3.53. The highest BCUT2D eigenvalue weighted by atomic mass is 35.5. The summed E-state index contributed by atoms with van der Waals surface area (Å²) < 4.78 is 7.13. The van der Waals surface area contributed by atoms with Gasteiger partial charge < -0.3 is 10.1 Å². The first-order valence-corrected chi connectivity index (χ1v) is 14.5. The molecule has 5 rings (SSSR count). The van der Waals surface area contributed by atoms with E-state index in [4.69, 9.17) is 44.5 Å². The summed E-state index contributed by atoms with van der Waals surface area (Å²) in [6, 6.07) is 13.5. The lowest BCUT2D eigenvalue weighted by Gasteiger charge is -2.13. The van der Waals surface area contributed by atoms with Crippen molar-refractivity contribution < 1.29 is 14.3 Å². The van der Waals surface area contributed by atoms with E-state index in [-0.39, 0.29) is 30.5 Å². The summed E-state index contributed by atoms with van der Waals surface area (Å²) in [7, 11) is 0. The molecule has 8 nitrogen and oxygen atoms in total. The number of halogens is 3. The molecule has 0 saturated carbocycles. The number of aryl methyl sites for hydroxylation is 1. The predicted octanol–water partition coefficient (Wildman–Crippen LogP) is 6.63. The monoisotopic (exact) mass is 615 g/mol. The van der Waals surface area contributed by atoms with Gasteiger partial charge in [0.1, 0.15) is 11.0 Å². The van der Waals surface area contributed by atoms with E-state index in [9.17, 15) is 9.59 Å². The highest BCUT2D eigenvalue weighted by Crippen LogP contribution is 2.38. The molecule has 3 heterocycles. The molecule has 0 fully saturated rings. The van der Waals surface area contributed by atoms with Gasteiger partial charge in [-0.15, -0.1) is 21.5 Å². The van der Waals surface area contributed by atoms with Gasteiger partial charge in [0.25, 0.3) is 5.91 Å². The normalized spacial score (nSPS) is 14.1. The van der Waals surface area contributed by atoms with Crippen molar-refractivity contribution in [3.8, 4) is 5.00 Å². The van der Waals surface area contributed by atoms with E-state index in [2.05, 4.69) is 28.5 Å². The number of carbonyl (C=O) groups excluding carboxylic acids is 2. The van der Waals surface area contributed by atoms with E-state index in [1.54, 1.807) is 30.4 Å². The summed E-state index contributed by atoms with van der Waals surface area (Å²) in [5.41, 5.74) is 2.61. The minimum absolute atomic E-state index is 0.0366. The molecule has 0 saturated heterocycles. The molecular weight excluding hydrogens is 593 g/mol. The number of fused-ring (bicyclic) bond motifs is 3. The van der Waals surface area contributed by atoms with Crippen LogP contribution in [-0.2, 0) is 22.5 Å². The molecule has 1 unspecified atom stereocenters. The van der Waals surface area contributed by atoms with Crippen molar-refractivity contribution in [1.82, 2.24) is 20.1 Å². The van der Waals surface area contributed by atoms with Crippen molar-refractivity contribution in [2.75, 3.05) is 6.61 Å². The Balaban J connectivity index is 1.59. The van der Waals surface area contributed by atoms with Gasteiger partial charge in [-0.3, -0.25) is 19.1 Å². The molecule has 2 aromatic heterocycles.